The molecule has 202 valence electrons. The molecule has 1 unspecified atom stereocenters. The van der Waals surface area contributed by atoms with Gasteiger partial charge in [-0.15, -0.1) is 0 Å². The van der Waals surface area contributed by atoms with Gasteiger partial charge in [-0.3, -0.25) is 9.78 Å². The lowest BCUT2D eigenvalue weighted by molar-refractivity contribution is -0.0256. The van der Waals surface area contributed by atoms with Gasteiger partial charge in [-0.25, -0.2) is 4.98 Å². The Morgan fingerprint density at radius 2 is 2.00 bits per heavy atom. The summed E-state index contributed by atoms with van der Waals surface area (Å²) in [5.74, 6) is 3.12. The van der Waals surface area contributed by atoms with E-state index in [0.29, 0.717) is 25.0 Å². The highest BCUT2D eigenvalue weighted by Gasteiger charge is 2.65. The Bertz CT molecular complexity index is 1480. The maximum Gasteiger partial charge on any atom is 0.270 e. The van der Waals surface area contributed by atoms with Crippen molar-refractivity contribution in [2.45, 2.75) is 43.7 Å². The number of likely N-dealkylation sites (tertiary alicyclic amines) is 1. The minimum Gasteiger partial charge on any atom is -0.493 e. The first-order valence-corrected chi connectivity index (χ1v) is 14.1. The van der Waals surface area contributed by atoms with Crippen LogP contribution in [0.1, 0.15) is 51.0 Å². The number of methoxy groups -OCH3 is 1. The number of rotatable bonds is 3. The van der Waals surface area contributed by atoms with Gasteiger partial charge in [0.1, 0.15) is 17.6 Å². The monoisotopic (exact) mass is 526 g/mol. The number of hydrogen-bond acceptors (Lipinski definition) is 7. The van der Waals surface area contributed by atoms with Crippen molar-refractivity contribution in [2.75, 3.05) is 51.8 Å². The molecule has 0 radical (unpaired) electrons. The van der Waals surface area contributed by atoms with Crippen LogP contribution in [0.25, 0.3) is 0 Å². The molecular weight excluding hydrogens is 492 g/mol. The first-order chi connectivity index (χ1) is 19.0. The van der Waals surface area contributed by atoms with E-state index in [2.05, 4.69) is 50.9 Å². The molecule has 8 rings (SSSR count). The van der Waals surface area contributed by atoms with E-state index in [1.807, 2.05) is 4.90 Å². The number of amides is 1. The second-order valence-corrected chi connectivity index (χ2v) is 11.8. The van der Waals surface area contributed by atoms with Crippen molar-refractivity contribution >= 4 is 11.7 Å². The summed E-state index contributed by atoms with van der Waals surface area (Å²) in [4.78, 5) is 32.9. The maximum atomic E-state index is 13.9. The smallest absolute Gasteiger partial charge is 0.270 e. The number of aromatic nitrogens is 3. The van der Waals surface area contributed by atoms with Gasteiger partial charge < -0.3 is 29.2 Å². The Labute approximate surface area is 228 Å². The highest BCUT2D eigenvalue weighted by atomic mass is 16.5. The summed E-state index contributed by atoms with van der Waals surface area (Å²) >= 11 is 0. The number of nitrogens with zero attached hydrogens (tertiary/aromatic N) is 5. The molecule has 9 nitrogen and oxygen atoms in total. The molecule has 39 heavy (non-hydrogen) atoms. The highest BCUT2D eigenvalue weighted by molar-refractivity contribution is 5.95. The number of H-pyrrole nitrogens is 1. The van der Waals surface area contributed by atoms with Crippen molar-refractivity contribution in [3.8, 4) is 11.5 Å². The largest absolute Gasteiger partial charge is 0.493 e. The van der Waals surface area contributed by atoms with Crippen molar-refractivity contribution in [1.29, 1.82) is 0 Å². The van der Waals surface area contributed by atoms with Crippen LogP contribution in [0.3, 0.4) is 0 Å². The van der Waals surface area contributed by atoms with E-state index >= 15 is 0 Å². The van der Waals surface area contributed by atoms with E-state index in [9.17, 15) is 4.79 Å². The Kier molecular flexibility index (Phi) is 4.91. The van der Waals surface area contributed by atoms with Crippen LogP contribution in [-0.4, -0.2) is 83.6 Å². The van der Waals surface area contributed by atoms with Crippen LogP contribution in [0.15, 0.2) is 30.7 Å². The third kappa shape index (κ3) is 3.02. The summed E-state index contributed by atoms with van der Waals surface area (Å²) in [6, 6.07) is 4.78. The molecule has 5 heterocycles. The zero-order valence-electron chi connectivity index (χ0n) is 22.7. The number of likely N-dealkylation sites (N-methyl/N-ethyl adjacent to an activating group) is 1. The van der Waals surface area contributed by atoms with E-state index in [1.54, 1.807) is 25.7 Å². The van der Waals surface area contributed by atoms with E-state index in [-0.39, 0.29) is 17.4 Å². The van der Waals surface area contributed by atoms with Crippen LogP contribution in [0.5, 0.6) is 11.5 Å². The van der Waals surface area contributed by atoms with Crippen LogP contribution in [0.4, 0.5) is 5.82 Å². The predicted molar refractivity (Wildman–Crippen MR) is 146 cm³/mol. The van der Waals surface area contributed by atoms with Crippen LogP contribution >= 0.6 is 0 Å². The van der Waals surface area contributed by atoms with Gasteiger partial charge in [0.25, 0.3) is 5.91 Å². The summed E-state index contributed by atoms with van der Waals surface area (Å²) < 4.78 is 12.7. The van der Waals surface area contributed by atoms with Crippen LogP contribution < -0.4 is 14.4 Å². The van der Waals surface area contributed by atoms with Crippen LogP contribution in [0.2, 0.25) is 0 Å². The quantitative estimate of drug-likeness (QED) is 0.562. The normalized spacial score (nSPS) is 28.5. The molecule has 3 aromatic rings. The Morgan fingerprint density at radius 3 is 2.77 bits per heavy atom. The number of anilines is 1. The van der Waals surface area contributed by atoms with Gasteiger partial charge in [-0.2, -0.15) is 0 Å². The average Bonchev–Trinajstić information content (AvgIpc) is 3.49. The first kappa shape index (κ1) is 23.3. The fraction of sp³-hybridized carbons (Fsp3) is 0.500. The first-order valence-electron chi connectivity index (χ1n) is 14.1. The Morgan fingerprint density at radius 1 is 1.15 bits per heavy atom. The molecule has 2 saturated heterocycles. The number of hydrogen-bond donors (Lipinski definition) is 1. The molecule has 9 heteroatoms. The van der Waals surface area contributed by atoms with Crippen LogP contribution in [0, 0.1) is 12.8 Å². The molecule has 2 aromatic heterocycles. The average molecular weight is 527 g/mol. The minimum atomic E-state index is -0.124. The lowest BCUT2D eigenvalue weighted by atomic mass is 9.51. The molecule has 0 saturated carbocycles. The predicted octanol–water partition coefficient (Wildman–Crippen LogP) is 2.89. The van der Waals surface area contributed by atoms with E-state index < -0.39 is 0 Å². The van der Waals surface area contributed by atoms with Crippen LogP contribution in [-0.2, 0) is 18.3 Å². The number of benzene rings is 1. The van der Waals surface area contributed by atoms with Crippen molar-refractivity contribution < 1.29 is 14.3 Å². The molecular formula is C30H34N6O3. The number of ether oxygens (including phenoxy) is 2. The summed E-state index contributed by atoms with van der Waals surface area (Å²) in [5.41, 5.74) is 6.85. The molecule has 1 N–H and O–H groups in total. The SMILES string of the molecule is COc1ccc2c3c1O[C@H]1c4[nH]c(C(=O)N5CCN(c6cnccn6)CC5)c(C)c4CC4[C@@H](C2)N(C)CC[C@@]341. The zero-order chi connectivity index (χ0) is 26.5. The van der Waals surface area contributed by atoms with E-state index in [1.165, 1.54) is 16.7 Å². The molecule has 3 aliphatic heterocycles. The highest BCUT2D eigenvalue weighted by Crippen LogP contribution is 2.67. The van der Waals surface area contributed by atoms with Crippen molar-refractivity contribution in [1.82, 2.24) is 24.8 Å². The second kappa shape index (κ2) is 8.21. The van der Waals surface area contributed by atoms with Gasteiger partial charge in [0, 0.05) is 55.6 Å². The Hall–Kier alpha value is -3.59. The number of carbonyl (C=O) groups excluding carboxylic acids is 1. The third-order valence-electron chi connectivity index (χ3n) is 10.3. The third-order valence-corrected chi connectivity index (χ3v) is 10.3. The number of piperazine rings is 1. The van der Waals surface area contributed by atoms with Crippen molar-refractivity contribution in [2.24, 2.45) is 5.92 Å². The molecule has 2 bridgehead atoms. The lowest BCUT2D eigenvalue weighted by Gasteiger charge is -2.57. The van der Waals surface area contributed by atoms with Gasteiger partial charge in [0.2, 0.25) is 0 Å². The lowest BCUT2D eigenvalue weighted by Crippen LogP contribution is -2.62. The second-order valence-electron chi connectivity index (χ2n) is 11.8. The minimum absolute atomic E-state index is 0.0787. The summed E-state index contributed by atoms with van der Waals surface area (Å²) in [5, 5.41) is 0. The zero-order valence-corrected chi connectivity index (χ0v) is 22.7. The van der Waals surface area contributed by atoms with Crippen molar-refractivity contribution in [3.63, 3.8) is 0 Å². The van der Waals surface area contributed by atoms with Gasteiger partial charge in [0.15, 0.2) is 11.5 Å². The summed E-state index contributed by atoms with van der Waals surface area (Å²) in [7, 11) is 4.00. The number of piperidine rings is 1. The molecule has 4 atom stereocenters. The molecule has 1 amide bonds. The summed E-state index contributed by atoms with van der Waals surface area (Å²) in [6.07, 6.45) is 8.11. The Balaban J connectivity index is 1.15. The maximum absolute atomic E-state index is 13.9. The number of fused-ring (bicyclic) bond motifs is 2. The van der Waals surface area contributed by atoms with Gasteiger partial charge in [0.05, 0.1) is 19.0 Å². The molecule has 1 aromatic carbocycles. The number of nitrogens with one attached hydrogen (secondary N) is 1. The fourth-order valence-corrected chi connectivity index (χ4v) is 8.40. The van der Waals surface area contributed by atoms with Gasteiger partial charge in [-0.1, -0.05) is 6.07 Å². The number of carbonyl (C=O) groups is 1. The summed E-state index contributed by atoms with van der Waals surface area (Å²) in [6.45, 7) is 5.97. The van der Waals surface area contributed by atoms with E-state index in [0.717, 1.165) is 73.2 Å². The molecule has 5 aliphatic rings. The molecule has 1 spiro atoms. The van der Waals surface area contributed by atoms with Gasteiger partial charge in [-0.05, 0) is 68.5 Å². The van der Waals surface area contributed by atoms with Crippen molar-refractivity contribution in [3.05, 3.63) is 64.4 Å². The van der Waals surface area contributed by atoms with Gasteiger partial charge >= 0.3 is 0 Å². The molecule has 2 fully saturated rings. The fourth-order valence-electron chi connectivity index (χ4n) is 8.40. The van der Waals surface area contributed by atoms with E-state index in [4.69, 9.17) is 9.47 Å². The number of aromatic amines is 1. The topological polar surface area (TPSA) is 86.8 Å². The standard InChI is InChI=1S/C30H34N6O3/c1-17-19-15-20-21-14-18-4-5-22(38-3)27-24(18)30(20,6-9-34(21)2)28(39-27)26(19)33-25(17)29(37)36-12-10-35(11-13-36)23-16-31-7-8-32-23/h4-5,7-8,16,20-21,28,33H,6,9-15H2,1-3H3/t20?,21-,28+,30+/m1/s1. The molecule has 2 aliphatic carbocycles.